The lowest BCUT2D eigenvalue weighted by Gasteiger charge is -2.39. The Kier molecular flexibility index (Phi) is 5.23. The van der Waals surface area contributed by atoms with Crippen molar-refractivity contribution in [1.82, 2.24) is 9.80 Å². The van der Waals surface area contributed by atoms with Gasteiger partial charge in [0.15, 0.2) is 6.10 Å². The van der Waals surface area contributed by atoms with Gasteiger partial charge >= 0.3 is 12.0 Å². The number of urea groups is 1. The Hall–Kier alpha value is -1.30. The van der Waals surface area contributed by atoms with Crippen LogP contribution >= 0.6 is 0 Å². The maximum atomic E-state index is 12.6. The van der Waals surface area contributed by atoms with Crippen molar-refractivity contribution in [3.05, 3.63) is 0 Å². The largest absolute Gasteiger partial charge is 0.479 e. The highest BCUT2D eigenvalue weighted by atomic mass is 16.5. The molecule has 2 amide bonds. The van der Waals surface area contributed by atoms with Crippen LogP contribution in [0.1, 0.15) is 39.0 Å². The molecule has 1 N–H and O–H groups in total. The molecule has 1 atom stereocenters. The zero-order valence-corrected chi connectivity index (χ0v) is 12.1. The highest BCUT2D eigenvalue weighted by Crippen LogP contribution is 2.23. The van der Waals surface area contributed by atoms with E-state index in [9.17, 15) is 9.59 Å². The van der Waals surface area contributed by atoms with Gasteiger partial charge in [-0.25, -0.2) is 9.59 Å². The van der Waals surface area contributed by atoms with Gasteiger partial charge in [0, 0.05) is 19.1 Å². The summed E-state index contributed by atoms with van der Waals surface area (Å²) in [7, 11) is 0. The molecule has 0 bridgehead atoms. The van der Waals surface area contributed by atoms with Crippen molar-refractivity contribution in [1.29, 1.82) is 0 Å². The van der Waals surface area contributed by atoms with E-state index in [2.05, 4.69) is 0 Å². The quantitative estimate of drug-likeness (QED) is 0.853. The molecule has 1 aliphatic carbocycles. The molecule has 0 aromatic rings. The molecule has 1 saturated carbocycles. The number of carbonyl (C=O) groups excluding carboxylic acids is 1. The highest BCUT2D eigenvalue weighted by Gasteiger charge is 2.33. The molecule has 2 aliphatic rings. The number of morpholine rings is 1. The SMILES string of the molecule is CCN(C(=O)N1CCOC(C(=O)O)C1)C1CCCCC1. The van der Waals surface area contributed by atoms with Crippen LogP contribution in [0.5, 0.6) is 0 Å². The van der Waals surface area contributed by atoms with E-state index in [4.69, 9.17) is 9.84 Å². The van der Waals surface area contributed by atoms with Crippen molar-refractivity contribution in [2.75, 3.05) is 26.2 Å². The Labute approximate surface area is 119 Å². The number of hydrogen-bond acceptors (Lipinski definition) is 3. The summed E-state index contributed by atoms with van der Waals surface area (Å²) in [6.45, 7) is 3.59. The third kappa shape index (κ3) is 3.42. The van der Waals surface area contributed by atoms with Crippen molar-refractivity contribution >= 4 is 12.0 Å². The van der Waals surface area contributed by atoms with Gasteiger partial charge in [-0.3, -0.25) is 0 Å². The van der Waals surface area contributed by atoms with Crippen LogP contribution in [-0.2, 0) is 9.53 Å². The van der Waals surface area contributed by atoms with E-state index < -0.39 is 12.1 Å². The lowest BCUT2D eigenvalue weighted by atomic mass is 9.94. The molecule has 1 unspecified atom stereocenters. The van der Waals surface area contributed by atoms with E-state index in [1.54, 1.807) is 4.90 Å². The fourth-order valence-corrected chi connectivity index (χ4v) is 3.10. The predicted octanol–water partition coefficient (Wildman–Crippen LogP) is 1.55. The molecule has 20 heavy (non-hydrogen) atoms. The van der Waals surface area contributed by atoms with Gasteiger partial charge in [-0.2, -0.15) is 0 Å². The molecule has 2 fully saturated rings. The molecule has 114 valence electrons. The first kappa shape index (κ1) is 15.1. The Morgan fingerprint density at radius 2 is 2.00 bits per heavy atom. The molecule has 1 aliphatic heterocycles. The first-order valence-electron chi connectivity index (χ1n) is 7.53. The average Bonchev–Trinajstić information content (AvgIpc) is 2.49. The van der Waals surface area contributed by atoms with Gasteiger partial charge in [0.2, 0.25) is 0 Å². The Bertz CT molecular complexity index is 355. The Balaban J connectivity index is 1.98. The van der Waals surface area contributed by atoms with Crippen LogP contribution < -0.4 is 0 Å². The number of amides is 2. The van der Waals surface area contributed by atoms with Gasteiger partial charge in [-0.15, -0.1) is 0 Å². The first-order chi connectivity index (χ1) is 9.63. The lowest BCUT2D eigenvalue weighted by Crippen LogP contribution is -2.55. The number of nitrogens with zero attached hydrogens (tertiary/aromatic N) is 2. The molecule has 0 spiro atoms. The van der Waals surface area contributed by atoms with Gasteiger partial charge in [0.25, 0.3) is 0 Å². The molecule has 2 rings (SSSR count). The number of carboxylic acids is 1. The summed E-state index contributed by atoms with van der Waals surface area (Å²) in [5, 5.41) is 9.01. The molecule has 6 nitrogen and oxygen atoms in total. The second-order valence-electron chi connectivity index (χ2n) is 5.50. The second-order valence-corrected chi connectivity index (χ2v) is 5.50. The maximum absolute atomic E-state index is 12.6. The second kappa shape index (κ2) is 6.92. The number of carbonyl (C=O) groups is 2. The first-order valence-corrected chi connectivity index (χ1v) is 7.53. The zero-order chi connectivity index (χ0) is 14.5. The maximum Gasteiger partial charge on any atom is 0.334 e. The van der Waals surface area contributed by atoms with E-state index in [0.29, 0.717) is 25.7 Å². The fraction of sp³-hybridized carbons (Fsp3) is 0.857. The molecular formula is C14H24N2O4. The highest BCUT2D eigenvalue weighted by molar-refractivity contribution is 5.77. The van der Waals surface area contributed by atoms with E-state index in [0.717, 1.165) is 12.8 Å². The summed E-state index contributed by atoms with van der Waals surface area (Å²) >= 11 is 0. The smallest absolute Gasteiger partial charge is 0.334 e. The minimum atomic E-state index is -0.997. The third-order valence-electron chi connectivity index (χ3n) is 4.21. The average molecular weight is 284 g/mol. The van der Waals surface area contributed by atoms with Crippen LogP contribution in [0.3, 0.4) is 0 Å². The van der Waals surface area contributed by atoms with Gasteiger partial charge < -0.3 is 19.6 Å². The normalized spacial score (nSPS) is 24.4. The van der Waals surface area contributed by atoms with Gasteiger partial charge in [-0.1, -0.05) is 19.3 Å². The van der Waals surface area contributed by atoms with Gasteiger partial charge in [0.05, 0.1) is 13.2 Å². The number of aliphatic carboxylic acids is 1. The molecule has 1 saturated heterocycles. The van der Waals surface area contributed by atoms with Crippen LogP contribution in [-0.4, -0.2) is 65.3 Å². The van der Waals surface area contributed by atoms with Crippen LogP contribution in [0.25, 0.3) is 0 Å². The van der Waals surface area contributed by atoms with Crippen molar-refractivity contribution in [3.63, 3.8) is 0 Å². The molecule has 6 heteroatoms. The van der Waals surface area contributed by atoms with Crippen molar-refractivity contribution in [3.8, 4) is 0 Å². The summed E-state index contributed by atoms with van der Waals surface area (Å²) in [5.74, 6) is -0.997. The number of ether oxygens (including phenoxy) is 1. The van der Waals surface area contributed by atoms with Crippen LogP contribution in [0, 0.1) is 0 Å². The standard InChI is InChI=1S/C14H24N2O4/c1-2-16(11-6-4-3-5-7-11)14(19)15-8-9-20-12(10-15)13(17)18/h11-12H,2-10H2,1H3,(H,17,18). The van der Waals surface area contributed by atoms with E-state index in [-0.39, 0.29) is 12.6 Å². The summed E-state index contributed by atoms with van der Waals surface area (Å²) in [5.41, 5.74) is 0. The summed E-state index contributed by atoms with van der Waals surface area (Å²) in [6.07, 6.45) is 4.84. The summed E-state index contributed by atoms with van der Waals surface area (Å²) in [6, 6.07) is 0.279. The van der Waals surface area contributed by atoms with Crippen molar-refractivity contribution in [2.45, 2.75) is 51.2 Å². The molecule has 0 radical (unpaired) electrons. The number of rotatable bonds is 3. The minimum absolute atomic E-state index is 0.0334. The van der Waals surface area contributed by atoms with Crippen LogP contribution in [0.15, 0.2) is 0 Å². The third-order valence-corrected chi connectivity index (χ3v) is 4.21. The summed E-state index contributed by atoms with van der Waals surface area (Å²) < 4.78 is 5.17. The van der Waals surface area contributed by atoms with Crippen molar-refractivity contribution in [2.24, 2.45) is 0 Å². The zero-order valence-electron chi connectivity index (χ0n) is 12.1. The molecule has 1 heterocycles. The minimum Gasteiger partial charge on any atom is -0.479 e. The van der Waals surface area contributed by atoms with Crippen LogP contribution in [0.2, 0.25) is 0 Å². The molecular weight excluding hydrogens is 260 g/mol. The monoisotopic (exact) mass is 284 g/mol. The summed E-state index contributed by atoms with van der Waals surface area (Å²) in [4.78, 5) is 27.1. The molecule has 0 aromatic heterocycles. The van der Waals surface area contributed by atoms with E-state index in [1.165, 1.54) is 19.3 Å². The Morgan fingerprint density at radius 1 is 1.30 bits per heavy atom. The predicted molar refractivity (Wildman–Crippen MR) is 73.6 cm³/mol. The topological polar surface area (TPSA) is 70.1 Å². The van der Waals surface area contributed by atoms with Gasteiger partial charge in [0.1, 0.15) is 0 Å². The van der Waals surface area contributed by atoms with Crippen molar-refractivity contribution < 1.29 is 19.4 Å². The van der Waals surface area contributed by atoms with Gasteiger partial charge in [-0.05, 0) is 19.8 Å². The van der Waals surface area contributed by atoms with Crippen LogP contribution in [0.4, 0.5) is 4.79 Å². The number of carboxylic acid groups (broad SMARTS) is 1. The lowest BCUT2D eigenvalue weighted by molar-refractivity contribution is -0.154. The number of hydrogen-bond donors (Lipinski definition) is 1. The van der Waals surface area contributed by atoms with E-state index >= 15 is 0 Å². The fourth-order valence-electron chi connectivity index (χ4n) is 3.10. The van der Waals surface area contributed by atoms with E-state index in [1.807, 2.05) is 11.8 Å². The molecule has 0 aromatic carbocycles. The Morgan fingerprint density at radius 3 is 2.60 bits per heavy atom.